The second kappa shape index (κ2) is 6.09. The lowest BCUT2D eigenvalue weighted by atomic mass is 10.2. The number of halogens is 1. The Bertz CT molecular complexity index is 611. The molecule has 5 heteroatoms. The maximum absolute atomic E-state index is 5.98. The Hall–Kier alpha value is -1.81. The molecule has 1 aromatic carbocycles. The molecule has 0 amide bonds. The molecule has 0 atom stereocenters. The molecule has 2 rings (SSSR count). The van der Waals surface area contributed by atoms with Gasteiger partial charge >= 0.3 is 0 Å². The van der Waals surface area contributed by atoms with Gasteiger partial charge in [0.05, 0.1) is 0 Å². The Morgan fingerprint density at radius 2 is 2.05 bits per heavy atom. The molecule has 0 unspecified atom stereocenters. The van der Waals surface area contributed by atoms with Crippen LogP contribution in [0.25, 0.3) is 0 Å². The highest BCUT2D eigenvalue weighted by atomic mass is 35.5. The van der Waals surface area contributed by atoms with Crippen LogP contribution in [0.3, 0.4) is 0 Å². The van der Waals surface area contributed by atoms with Crippen LogP contribution in [0.1, 0.15) is 36.7 Å². The third-order valence-corrected chi connectivity index (χ3v) is 3.30. The van der Waals surface area contributed by atoms with Crippen LogP contribution in [-0.2, 0) is 6.54 Å². The molecule has 0 radical (unpaired) electrons. The van der Waals surface area contributed by atoms with Crippen molar-refractivity contribution in [2.45, 2.75) is 33.2 Å². The number of nitrogen functional groups attached to an aromatic ring is 1. The number of nitrogens with one attached hydrogen (secondary N) is 1. The Balaban J connectivity index is 2.20. The highest BCUT2D eigenvalue weighted by molar-refractivity contribution is 6.30. The first-order valence-electron chi connectivity index (χ1n) is 6.59. The van der Waals surface area contributed by atoms with E-state index in [9.17, 15) is 0 Å². The van der Waals surface area contributed by atoms with Gasteiger partial charge in [-0.2, -0.15) is 0 Å². The van der Waals surface area contributed by atoms with Crippen molar-refractivity contribution in [1.29, 1.82) is 0 Å². The second-order valence-electron chi connectivity index (χ2n) is 5.08. The predicted molar refractivity (Wildman–Crippen MR) is 84.0 cm³/mol. The zero-order chi connectivity index (χ0) is 14.7. The molecular formula is C15H19ClN4. The zero-order valence-electron chi connectivity index (χ0n) is 11.9. The van der Waals surface area contributed by atoms with Crippen molar-refractivity contribution >= 4 is 23.2 Å². The average Bonchev–Trinajstić information content (AvgIpc) is 2.40. The number of benzene rings is 1. The third-order valence-electron chi connectivity index (χ3n) is 3.07. The largest absolute Gasteiger partial charge is 0.383 e. The SMILES string of the molecule is Cc1c(N)nc(C(C)C)nc1NCc1cccc(Cl)c1. The Morgan fingerprint density at radius 3 is 2.70 bits per heavy atom. The van der Waals surface area contributed by atoms with Crippen LogP contribution in [0.15, 0.2) is 24.3 Å². The number of anilines is 2. The minimum Gasteiger partial charge on any atom is -0.383 e. The highest BCUT2D eigenvalue weighted by Crippen LogP contribution is 2.21. The van der Waals surface area contributed by atoms with Gasteiger partial charge in [-0.3, -0.25) is 0 Å². The molecule has 1 heterocycles. The number of nitrogens with zero attached hydrogens (tertiary/aromatic N) is 2. The van der Waals surface area contributed by atoms with Crippen molar-refractivity contribution in [3.63, 3.8) is 0 Å². The summed E-state index contributed by atoms with van der Waals surface area (Å²) in [4.78, 5) is 8.84. The predicted octanol–water partition coefficient (Wildman–Crippen LogP) is 3.76. The van der Waals surface area contributed by atoms with Gasteiger partial charge in [0, 0.05) is 23.0 Å². The summed E-state index contributed by atoms with van der Waals surface area (Å²) in [6.07, 6.45) is 0. The first kappa shape index (κ1) is 14.6. The van der Waals surface area contributed by atoms with Gasteiger partial charge in [-0.25, -0.2) is 9.97 Å². The molecule has 0 aliphatic rings. The van der Waals surface area contributed by atoms with Crippen LogP contribution in [0.4, 0.5) is 11.6 Å². The van der Waals surface area contributed by atoms with Crippen molar-refractivity contribution in [3.8, 4) is 0 Å². The van der Waals surface area contributed by atoms with Crippen molar-refractivity contribution in [2.24, 2.45) is 0 Å². The molecule has 2 aromatic rings. The first-order chi connectivity index (χ1) is 9.47. The molecule has 20 heavy (non-hydrogen) atoms. The van der Waals surface area contributed by atoms with Crippen LogP contribution in [-0.4, -0.2) is 9.97 Å². The number of hydrogen-bond acceptors (Lipinski definition) is 4. The van der Waals surface area contributed by atoms with E-state index in [1.165, 1.54) is 0 Å². The van der Waals surface area contributed by atoms with Crippen LogP contribution in [0, 0.1) is 6.92 Å². The monoisotopic (exact) mass is 290 g/mol. The van der Waals surface area contributed by atoms with E-state index in [2.05, 4.69) is 15.3 Å². The minimum absolute atomic E-state index is 0.240. The number of nitrogens with two attached hydrogens (primary N) is 1. The molecule has 0 saturated carbocycles. The summed E-state index contributed by atoms with van der Waals surface area (Å²) in [5.41, 5.74) is 7.91. The lowest BCUT2D eigenvalue weighted by Gasteiger charge is -2.13. The number of hydrogen-bond donors (Lipinski definition) is 2. The number of rotatable bonds is 4. The maximum Gasteiger partial charge on any atom is 0.135 e. The second-order valence-corrected chi connectivity index (χ2v) is 5.52. The standard InChI is InChI=1S/C15H19ClN4/c1-9(2)14-19-13(17)10(3)15(20-14)18-8-11-5-4-6-12(16)7-11/h4-7,9H,8H2,1-3H3,(H3,17,18,19,20). The third kappa shape index (κ3) is 3.39. The summed E-state index contributed by atoms with van der Waals surface area (Å²) in [5.74, 6) is 2.30. The summed E-state index contributed by atoms with van der Waals surface area (Å²) < 4.78 is 0. The van der Waals surface area contributed by atoms with Gasteiger partial charge in [0.1, 0.15) is 17.5 Å². The Labute approximate surface area is 124 Å². The summed E-state index contributed by atoms with van der Waals surface area (Å²) in [6, 6.07) is 7.73. The zero-order valence-corrected chi connectivity index (χ0v) is 12.7. The van der Waals surface area contributed by atoms with Crippen LogP contribution in [0.2, 0.25) is 5.02 Å². The smallest absolute Gasteiger partial charge is 0.135 e. The van der Waals surface area contributed by atoms with Crippen molar-refractivity contribution < 1.29 is 0 Å². The van der Waals surface area contributed by atoms with E-state index in [1.807, 2.05) is 45.0 Å². The molecule has 0 saturated heterocycles. The lowest BCUT2D eigenvalue weighted by molar-refractivity contribution is 0.774. The number of aromatic nitrogens is 2. The van der Waals surface area contributed by atoms with Gasteiger partial charge in [0.25, 0.3) is 0 Å². The van der Waals surface area contributed by atoms with Gasteiger partial charge in [-0.1, -0.05) is 37.6 Å². The Morgan fingerprint density at radius 1 is 1.30 bits per heavy atom. The topological polar surface area (TPSA) is 63.8 Å². The van der Waals surface area contributed by atoms with Crippen molar-refractivity contribution in [1.82, 2.24) is 9.97 Å². The van der Waals surface area contributed by atoms with Crippen molar-refractivity contribution in [3.05, 3.63) is 46.2 Å². The fourth-order valence-electron chi connectivity index (χ4n) is 1.81. The van der Waals surface area contributed by atoms with Crippen molar-refractivity contribution in [2.75, 3.05) is 11.1 Å². The molecule has 4 nitrogen and oxygen atoms in total. The van der Waals surface area contributed by atoms with Gasteiger partial charge in [-0.15, -0.1) is 0 Å². The molecule has 0 aliphatic carbocycles. The van der Waals surface area contributed by atoms with Gasteiger partial charge in [0.15, 0.2) is 0 Å². The quantitative estimate of drug-likeness (QED) is 0.900. The van der Waals surface area contributed by atoms with Crippen LogP contribution < -0.4 is 11.1 Å². The Kier molecular flexibility index (Phi) is 4.45. The van der Waals surface area contributed by atoms with Gasteiger partial charge in [-0.05, 0) is 24.6 Å². The summed E-state index contributed by atoms with van der Waals surface area (Å²) in [5, 5.41) is 4.03. The molecule has 0 aliphatic heterocycles. The highest BCUT2D eigenvalue weighted by Gasteiger charge is 2.11. The summed E-state index contributed by atoms with van der Waals surface area (Å²) in [7, 11) is 0. The fourth-order valence-corrected chi connectivity index (χ4v) is 2.03. The van der Waals surface area contributed by atoms with E-state index in [4.69, 9.17) is 17.3 Å². The molecular weight excluding hydrogens is 272 g/mol. The molecule has 0 spiro atoms. The van der Waals surface area contributed by atoms with E-state index in [0.29, 0.717) is 12.4 Å². The fraction of sp³-hybridized carbons (Fsp3) is 0.333. The molecule has 106 valence electrons. The molecule has 0 bridgehead atoms. The lowest BCUT2D eigenvalue weighted by Crippen LogP contribution is -2.10. The maximum atomic E-state index is 5.98. The first-order valence-corrected chi connectivity index (χ1v) is 6.97. The van der Waals surface area contributed by atoms with Crippen LogP contribution >= 0.6 is 11.6 Å². The summed E-state index contributed by atoms with van der Waals surface area (Å²) >= 11 is 5.98. The van der Waals surface area contributed by atoms with E-state index in [1.54, 1.807) is 0 Å². The molecule has 1 aromatic heterocycles. The minimum atomic E-state index is 0.240. The van der Waals surface area contributed by atoms with E-state index in [0.717, 1.165) is 27.8 Å². The average molecular weight is 291 g/mol. The van der Waals surface area contributed by atoms with Gasteiger partial charge < -0.3 is 11.1 Å². The van der Waals surface area contributed by atoms with E-state index >= 15 is 0 Å². The van der Waals surface area contributed by atoms with E-state index in [-0.39, 0.29) is 5.92 Å². The normalized spacial score (nSPS) is 10.8. The van der Waals surface area contributed by atoms with Crippen LogP contribution in [0.5, 0.6) is 0 Å². The van der Waals surface area contributed by atoms with Gasteiger partial charge in [0.2, 0.25) is 0 Å². The summed E-state index contributed by atoms with van der Waals surface area (Å²) in [6.45, 7) is 6.66. The molecule has 0 fully saturated rings. The molecule has 3 N–H and O–H groups in total. The van der Waals surface area contributed by atoms with E-state index < -0.39 is 0 Å².